The molecule has 0 radical (unpaired) electrons. The number of nitrogens with zero attached hydrogens (tertiary/aromatic N) is 1. The third-order valence-electron chi connectivity index (χ3n) is 5.15. The molecule has 3 rings (SSSR count). The highest BCUT2D eigenvalue weighted by Gasteiger charge is 2.27. The number of amides is 1. The number of fused-ring (bicyclic) bond motifs is 1. The van der Waals surface area contributed by atoms with Crippen molar-refractivity contribution in [3.05, 3.63) is 16.0 Å². The largest absolute Gasteiger partial charge is 0.465 e. The van der Waals surface area contributed by atoms with E-state index in [-0.39, 0.29) is 11.9 Å². The number of likely N-dealkylation sites (N-methyl/N-ethyl adjacent to an activating group) is 1. The number of nitrogens with one attached hydrogen (secondary N) is 1. The lowest BCUT2D eigenvalue weighted by molar-refractivity contribution is -0.117. The van der Waals surface area contributed by atoms with Gasteiger partial charge in [0.25, 0.3) is 0 Å². The SMILES string of the molecule is COC(=O)c1c(NC(=O)CN(C)C2CCCC2)sc2c1CCCC2. The molecule has 6 heteroatoms. The van der Waals surface area contributed by atoms with Crippen molar-refractivity contribution in [3.8, 4) is 0 Å². The number of rotatable bonds is 5. The molecule has 132 valence electrons. The zero-order valence-electron chi connectivity index (χ0n) is 14.5. The van der Waals surface area contributed by atoms with Crippen molar-refractivity contribution in [1.82, 2.24) is 4.90 Å². The first-order chi connectivity index (χ1) is 11.6. The summed E-state index contributed by atoms with van der Waals surface area (Å²) in [5, 5.41) is 3.64. The van der Waals surface area contributed by atoms with Crippen LogP contribution in [-0.4, -0.2) is 43.5 Å². The molecule has 0 spiro atoms. The molecular weight excluding hydrogens is 324 g/mol. The van der Waals surface area contributed by atoms with E-state index in [1.54, 1.807) is 11.3 Å². The summed E-state index contributed by atoms with van der Waals surface area (Å²) < 4.78 is 4.95. The minimum Gasteiger partial charge on any atom is -0.465 e. The summed E-state index contributed by atoms with van der Waals surface area (Å²) in [6, 6.07) is 0.507. The summed E-state index contributed by atoms with van der Waals surface area (Å²) in [5.41, 5.74) is 1.66. The molecule has 1 saturated carbocycles. The first-order valence-corrected chi connectivity index (χ1v) is 9.64. The number of methoxy groups -OCH3 is 1. The third kappa shape index (κ3) is 3.64. The van der Waals surface area contributed by atoms with Gasteiger partial charge in [0.05, 0.1) is 19.2 Å². The number of hydrogen-bond acceptors (Lipinski definition) is 5. The zero-order valence-corrected chi connectivity index (χ0v) is 15.3. The minimum absolute atomic E-state index is 0.0480. The Labute approximate surface area is 147 Å². The van der Waals surface area contributed by atoms with Gasteiger partial charge in [-0.05, 0) is 51.1 Å². The quantitative estimate of drug-likeness (QED) is 0.829. The van der Waals surface area contributed by atoms with E-state index in [1.807, 2.05) is 7.05 Å². The molecular formula is C18H26N2O3S. The van der Waals surface area contributed by atoms with Crippen LogP contribution in [-0.2, 0) is 22.4 Å². The maximum atomic E-state index is 12.5. The van der Waals surface area contributed by atoms with Gasteiger partial charge in [-0.3, -0.25) is 9.69 Å². The van der Waals surface area contributed by atoms with Crippen LogP contribution in [0.25, 0.3) is 0 Å². The molecule has 2 aliphatic rings. The summed E-state index contributed by atoms with van der Waals surface area (Å²) in [6.07, 6.45) is 8.96. The fourth-order valence-electron chi connectivity index (χ4n) is 3.84. The van der Waals surface area contributed by atoms with Crippen molar-refractivity contribution in [2.75, 3.05) is 26.0 Å². The Morgan fingerprint density at radius 2 is 1.92 bits per heavy atom. The lowest BCUT2D eigenvalue weighted by Crippen LogP contribution is -2.36. The lowest BCUT2D eigenvalue weighted by Gasteiger charge is -2.23. The molecule has 0 bridgehead atoms. The van der Waals surface area contributed by atoms with Crippen LogP contribution >= 0.6 is 11.3 Å². The van der Waals surface area contributed by atoms with E-state index in [0.717, 1.165) is 31.2 Å². The molecule has 0 unspecified atom stereocenters. The van der Waals surface area contributed by atoms with Crippen molar-refractivity contribution in [2.45, 2.75) is 57.4 Å². The number of aryl methyl sites for hydroxylation is 1. The number of carbonyl (C=O) groups is 2. The van der Waals surface area contributed by atoms with Crippen molar-refractivity contribution < 1.29 is 14.3 Å². The zero-order chi connectivity index (χ0) is 17.1. The van der Waals surface area contributed by atoms with Crippen LogP contribution in [0.4, 0.5) is 5.00 Å². The van der Waals surface area contributed by atoms with Gasteiger partial charge in [0.2, 0.25) is 5.91 Å². The monoisotopic (exact) mass is 350 g/mol. The normalized spacial score (nSPS) is 17.8. The van der Waals surface area contributed by atoms with Gasteiger partial charge in [-0.2, -0.15) is 0 Å². The number of hydrogen-bond donors (Lipinski definition) is 1. The van der Waals surface area contributed by atoms with E-state index in [1.165, 1.54) is 37.7 Å². The first kappa shape index (κ1) is 17.4. The van der Waals surface area contributed by atoms with Crippen molar-refractivity contribution >= 4 is 28.2 Å². The number of thiophene rings is 1. The number of anilines is 1. The molecule has 0 atom stereocenters. The predicted molar refractivity (Wildman–Crippen MR) is 95.8 cm³/mol. The molecule has 1 aromatic heterocycles. The Bertz CT molecular complexity index is 620. The molecule has 2 aliphatic carbocycles. The van der Waals surface area contributed by atoms with Crippen molar-refractivity contribution in [2.24, 2.45) is 0 Å². The van der Waals surface area contributed by atoms with Crippen LogP contribution in [0.5, 0.6) is 0 Å². The second-order valence-corrected chi connectivity index (χ2v) is 7.91. The van der Waals surface area contributed by atoms with Crippen LogP contribution in [0.2, 0.25) is 0 Å². The lowest BCUT2D eigenvalue weighted by atomic mass is 9.95. The smallest absolute Gasteiger partial charge is 0.341 e. The average Bonchev–Trinajstić information content (AvgIpc) is 3.21. The van der Waals surface area contributed by atoms with Crippen LogP contribution in [0.3, 0.4) is 0 Å². The average molecular weight is 350 g/mol. The van der Waals surface area contributed by atoms with Gasteiger partial charge in [0.1, 0.15) is 5.00 Å². The Kier molecular flexibility index (Phi) is 5.56. The van der Waals surface area contributed by atoms with Gasteiger partial charge < -0.3 is 10.1 Å². The van der Waals surface area contributed by atoms with Gasteiger partial charge in [0, 0.05) is 10.9 Å². The molecule has 5 nitrogen and oxygen atoms in total. The standard InChI is InChI=1S/C18H26N2O3S/c1-20(12-7-3-4-8-12)11-15(21)19-17-16(18(22)23-2)13-9-5-6-10-14(13)24-17/h12H,3-11H2,1-2H3,(H,19,21). The topological polar surface area (TPSA) is 58.6 Å². The van der Waals surface area contributed by atoms with Crippen LogP contribution in [0.1, 0.15) is 59.3 Å². The molecule has 0 aromatic carbocycles. The van der Waals surface area contributed by atoms with E-state index in [4.69, 9.17) is 4.74 Å². The number of esters is 1. The van der Waals surface area contributed by atoms with E-state index in [9.17, 15) is 9.59 Å². The maximum absolute atomic E-state index is 12.5. The fraction of sp³-hybridized carbons (Fsp3) is 0.667. The van der Waals surface area contributed by atoms with Gasteiger partial charge in [0.15, 0.2) is 0 Å². The highest BCUT2D eigenvalue weighted by Crippen LogP contribution is 2.38. The van der Waals surface area contributed by atoms with E-state index < -0.39 is 0 Å². The summed E-state index contributed by atoms with van der Waals surface area (Å²) in [5.74, 6) is -0.387. The molecule has 0 saturated heterocycles. The number of ether oxygens (including phenoxy) is 1. The van der Waals surface area contributed by atoms with Gasteiger partial charge in [-0.25, -0.2) is 4.79 Å². The van der Waals surface area contributed by atoms with Crippen molar-refractivity contribution in [3.63, 3.8) is 0 Å². The number of carbonyl (C=O) groups excluding carboxylic acids is 2. The van der Waals surface area contributed by atoms with E-state index in [2.05, 4.69) is 10.2 Å². The maximum Gasteiger partial charge on any atom is 0.341 e. The third-order valence-corrected chi connectivity index (χ3v) is 6.36. The molecule has 1 aromatic rings. The molecule has 24 heavy (non-hydrogen) atoms. The Morgan fingerprint density at radius 3 is 2.62 bits per heavy atom. The van der Waals surface area contributed by atoms with Crippen molar-refractivity contribution in [1.29, 1.82) is 0 Å². The highest BCUT2D eigenvalue weighted by molar-refractivity contribution is 7.17. The first-order valence-electron chi connectivity index (χ1n) is 8.83. The van der Waals surface area contributed by atoms with Crippen LogP contribution < -0.4 is 5.32 Å². The van der Waals surface area contributed by atoms with E-state index >= 15 is 0 Å². The Hall–Kier alpha value is -1.40. The summed E-state index contributed by atoms with van der Waals surface area (Å²) in [7, 11) is 3.41. The summed E-state index contributed by atoms with van der Waals surface area (Å²) in [6.45, 7) is 0.369. The van der Waals surface area contributed by atoms with Gasteiger partial charge in [-0.1, -0.05) is 12.8 Å². The molecule has 1 N–H and O–H groups in total. The van der Waals surface area contributed by atoms with E-state index in [0.29, 0.717) is 23.2 Å². The minimum atomic E-state index is -0.339. The van der Waals surface area contributed by atoms with Gasteiger partial charge in [-0.15, -0.1) is 11.3 Å². The Balaban J connectivity index is 1.72. The fourth-order valence-corrected chi connectivity index (χ4v) is 5.13. The highest BCUT2D eigenvalue weighted by atomic mass is 32.1. The van der Waals surface area contributed by atoms with Gasteiger partial charge >= 0.3 is 5.97 Å². The van der Waals surface area contributed by atoms with Crippen LogP contribution in [0, 0.1) is 0 Å². The second-order valence-electron chi connectivity index (χ2n) is 6.81. The summed E-state index contributed by atoms with van der Waals surface area (Å²) >= 11 is 1.54. The molecule has 0 aliphatic heterocycles. The summed E-state index contributed by atoms with van der Waals surface area (Å²) in [4.78, 5) is 28.0. The second kappa shape index (κ2) is 7.66. The Morgan fingerprint density at radius 1 is 1.21 bits per heavy atom. The molecule has 1 amide bonds. The predicted octanol–water partition coefficient (Wildman–Crippen LogP) is 3.23. The van der Waals surface area contributed by atoms with Crippen LogP contribution in [0.15, 0.2) is 0 Å². The molecule has 1 fully saturated rings. The molecule has 1 heterocycles.